The molecule has 1 N–H and O–H groups in total. The van der Waals surface area contributed by atoms with E-state index in [1.54, 1.807) is 60.7 Å². The van der Waals surface area contributed by atoms with Crippen molar-refractivity contribution in [2.75, 3.05) is 4.90 Å². The van der Waals surface area contributed by atoms with Crippen molar-refractivity contribution in [1.29, 1.82) is 0 Å². The van der Waals surface area contributed by atoms with Crippen molar-refractivity contribution in [3.05, 3.63) is 172 Å². The van der Waals surface area contributed by atoms with E-state index in [1.165, 1.54) is 28.8 Å². The van der Waals surface area contributed by atoms with Crippen LogP contribution in [-0.2, 0) is 28.6 Å². The lowest BCUT2D eigenvalue weighted by Crippen LogP contribution is -2.29. The number of amides is 1. The fraction of sp³-hybridized carbons (Fsp3) is 0.122. The minimum atomic E-state index is -0.997. The van der Waals surface area contributed by atoms with E-state index in [0.29, 0.717) is 45.9 Å². The third-order valence-electron chi connectivity index (χ3n) is 8.38. The highest BCUT2D eigenvalue weighted by Crippen LogP contribution is 2.44. The maximum Gasteiger partial charge on any atom is 0.301 e. The Morgan fingerprint density at radius 2 is 1.44 bits per heavy atom. The number of aliphatic hydroxyl groups excluding tert-OH is 1. The molecule has 260 valence electrons. The maximum absolute atomic E-state index is 13.8. The van der Waals surface area contributed by atoms with Crippen molar-refractivity contribution in [2.24, 2.45) is 0 Å². The van der Waals surface area contributed by atoms with Crippen LogP contribution in [0.1, 0.15) is 39.4 Å². The molecule has 2 heterocycles. The number of aryl methyl sites for hydroxylation is 1. The standard InChI is InChI=1S/C41H32FN3O5S2/c1-26-6-5-9-29(22-26)24-50-34-20-14-31(15-21-34)37(46)35-36(30-12-18-33(19-13-30)49-23-27-7-3-2-4-8-27)45(39(48)38(35)47)40-43-44-41(52-40)51-25-28-10-16-32(42)17-11-28/h2-22,36,46H,23-25H2,1H3. The van der Waals surface area contributed by atoms with Crippen molar-refractivity contribution in [3.8, 4) is 11.5 Å². The molecule has 8 nitrogen and oxygen atoms in total. The van der Waals surface area contributed by atoms with E-state index >= 15 is 0 Å². The normalized spacial score (nSPS) is 15.2. The Hall–Kier alpha value is -5.78. The summed E-state index contributed by atoms with van der Waals surface area (Å²) < 4.78 is 25.9. The monoisotopic (exact) mass is 729 g/mol. The van der Waals surface area contributed by atoms with Crippen LogP contribution in [0, 0.1) is 12.7 Å². The predicted octanol–water partition coefficient (Wildman–Crippen LogP) is 9.06. The minimum absolute atomic E-state index is 0.0768. The number of ketones is 1. The highest BCUT2D eigenvalue weighted by molar-refractivity contribution is 8.00. The summed E-state index contributed by atoms with van der Waals surface area (Å²) >= 11 is 2.54. The summed E-state index contributed by atoms with van der Waals surface area (Å²) in [7, 11) is 0. The number of halogens is 1. The molecular weight excluding hydrogens is 698 g/mol. The van der Waals surface area contributed by atoms with E-state index in [9.17, 15) is 19.1 Å². The van der Waals surface area contributed by atoms with Gasteiger partial charge in [0.05, 0.1) is 11.6 Å². The van der Waals surface area contributed by atoms with Crippen molar-refractivity contribution < 1.29 is 28.6 Å². The van der Waals surface area contributed by atoms with Crippen molar-refractivity contribution in [1.82, 2.24) is 10.2 Å². The second-order valence-corrected chi connectivity index (χ2v) is 14.3. The van der Waals surface area contributed by atoms with E-state index in [-0.39, 0.29) is 22.3 Å². The third-order valence-corrected chi connectivity index (χ3v) is 10.5. The quantitative estimate of drug-likeness (QED) is 0.0438. The fourth-order valence-corrected chi connectivity index (χ4v) is 7.57. The van der Waals surface area contributed by atoms with Gasteiger partial charge in [-0.15, -0.1) is 10.2 Å². The number of ether oxygens (including phenoxy) is 2. The molecule has 1 fully saturated rings. The Morgan fingerprint density at radius 3 is 2.13 bits per heavy atom. The number of benzene rings is 5. The van der Waals surface area contributed by atoms with Crippen LogP contribution in [0.3, 0.4) is 0 Å². The number of hydrogen-bond donors (Lipinski definition) is 1. The second kappa shape index (κ2) is 15.6. The number of aromatic nitrogens is 2. The molecule has 1 amide bonds. The number of Topliss-reactive ketones (excluding diaryl/α,β-unsaturated/α-hetero) is 1. The Bertz CT molecular complexity index is 2220. The molecule has 1 aliphatic heterocycles. The summed E-state index contributed by atoms with van der Waals surface area (Å²) in [6.07, 6.45) is 0. The first-order chi connectivity index (χ1) is 25.3. The zero-order valence-corrected chi connectivity index (χ0v) is 29.6. The molecule has 5 aromatic carbocycles. The van der Waals surface area contributed by atoms with Gasteiger partial charge in [-0.1, -0.05) is 108 Å². The van der Waals surface area contributed by atoms with Crippen LogP contribution in [0.15, 0.2) is 137 Å². The summed E-state index contributed by atoms with van der Waals surface area (Å²) in [5.41, 5.74) is 4.91. The van der Waals surface area contributed by atoms with Crippen LogP contribution in [0.5, 0.6) is 11.5 Å². The van der Waals surface area contributed by atoms with E-state index in [2.05, 4.69) is 10.2 Å². The zero-order chi connectivity index (χ0) is 36.0. The van der Waals surface area contributed by atoms with Crippen LogP contribution in [0.25, 0.3) is 5.76 Å². The SMILES string of the molecule is Cc1cccc(COc2ccc(C(O)=C3C(=O)C(=O)N(c4nnc(SCc5ccc(F)cc5)s4)C3c3ccc(OCc4ccccc4)cc3)cc2)c1. The van der Waals surface area contributed by atoms with E-state index < -0.39 is 17.7 Å². The molecule has 1 saturated heterocycles. The van der Waals surface area contributed by atoms with Crippen LogP contribution < -0.4 is 14.4 Å². The molecule has 11 heteroatoms. The molecule has 7 rings (SSSR count). The molecule has 1 aromatic heterocycles. The molecule has 1 atom stereocenters. The molecule has 0 saturated carbocycles. The van der Waals surface area contributed by atoms with E-state index in [4.69, 9.17) is 9.47 Å². The number of carbonyl (C=O) groups excluding carboxylic acids is 2. The Morgan fingerprint density at radius 1 is 0.788 bits per heavy atom. The van der Waals surface area contributed by atoms with Gasteiger partial charge in [0.25, 0.3) is 5.78 Å². The highest BCUT2D eigenvalue weighted by atomic mass is 32.2. The van der Waals surface area contributed by atoms with Gasteiger partial charge >= 0.3 is 5.91 Å². The van der Waals surface area contributed by atoms with Crippen LogP contribution in [-0.4, -0.2) is 27.0 Å². The Kier molecular flexibility index (Phi) is 10.4. The van der Waals surface area contributed by atoms with Crippen molar-refractivity contribution in [3.63, 3.8) is 0 Å². The second-order valence-electron chi connectivity index (χ2n) is 12.1. The molecule has 0 aliphatic carbocycles. The lowest BCUT2D eigenvalue weighted by molar-refractivity contribution is -0.132. The molecule has 1 unspecified atom stereocenters. The first-order valence-corrected chi connectivity index (χ1v) is 18.2. The van der Waals surface area contributed by atoms with Crippen LogP contribution >= 0.6 is 23.1 Å². The predicted molar refractivity (Wildman–Crippen MR) is 200 cm³/mol. The molecule has 0 radical (unpaired) electrons. The van der Waals surface area contributed by atoms with Gasteiger partial charge in [0, 0.05) is 11.3 Å². The maximum atomic E-state index is 13.8. The molecular formula is C41H32FN3O5S2. The first kappa shape index (κ1) is 34.7. The number of aliphatic hydroxyl groups is 1. The molecule has 0 bridgehead atoms. The van der Waals surface area contributed by atoms with E-state index in [0.717, 1.165) is 33.6 Å². The summed E-state index contributed by atoms with van der Waals surface area (Å²) in [5, 5.41) is 20.5. The van der Waals surface area contributed by atoms with Crippen LogP contribution in [0.2, 0.25) is 0 Å². The Balaban J connectivity index is 1.17. The molecule has 0 spiro atoms. The van der Waals surface area contributed by atoms with Gasteiger partial charge in [-0.2, -0.15) is 0 Å². The number of nitrogens with zero attached hydrogens (tertiary/aromatic N) is 3. The van der Waals surface area contributed by atoms with Crippen molar-refractivity contribution in [2.45, 2.75) is 36.3 Å². The Labute approximate surface area is 308 Å². The average molecular weight is 730 g/mol. The van der Waals surface area contributed by atoms with Gasteiger partial charge in [0.1, 0.15) is 36.3 Å². The van der Waals surface area contributed by atoms with Gasteiger partial charge in [0.2, 0.25) is 5.13 Å². The summed E-state index contributed by atoms with van der Waals surface area (Å²) in [4.78, 5) is 28.8. The summed E-state index contributed by atoms with van der Waals surface area (Å²) in [6, 6.07) is 36.8. The summed E-state index contributed by atoms with van der Waals surface area (Å²) in [6.45, 7) is 2.76. The number of rotatable bonds is 12. The fourth-order valence-electron chi connectivity index (χ4n) is 5.75. The molecule has 52 heavy (non-hydrogen) atoms. The van der Waals surface area contributed by atoms with Gasteiger partial charge in [-0.3, -0.25) is 14.5 Å². The van der Waals surface area contributed by atoms with E-state index in [1.807, 2.05) is 61.5 Å². The van der Waals surface area contributed by atoms with Crippen molar-refractivity contribution >= 4 is 45.7 Å². The van der Waals surface area contributed by atoms with Gasteiger partial charge < -0.3 is 14.6 Å². The zero-order valence-electron chi connectivity index (χ0n) is 27.9. The number of carbonyl (C=O) groups is 2. The summed E-state index contributed by atoms with van der Waals surface area (Å²) in [5.74, 6) is -0.632. The molecule has 1 aliphatic rings. The third kappa shape index (κ3) is 7.91. The van der Waals surface area contributed by atoms with Gasteiger partial charge in [-0.05, 0) is 77.7 Å². The lowest BCUT2D eigenvalue weighted by atomic mass is 9.95. The minimum Gasteiger partial charge on any atom is -0.507 e. The van der Waals surface area contributed by atoms with Gasteiger partial charge in [0.15, 0.2) is 4.34 Å². The lowest BCUT2D eigenvalue weighted by Gasteiger charge is -2.22. The smallest absolute Gasteiger partial charge is 0.301 e. The van der Waals surface area contributed by atoms with Gasteiger partial charge in [-0.25, -0.2) is 4.39 Å². The largest absolute Gasteiger partial charge is 0.507 e. The number of hydrogen-bond acceptors (Lipinski definition) is 9. The number of thioether (sulfide) groups is 1. The van der Waals surface area contributed by atoms with Crippen LogP contribution in [0.4, 0.5) is 9.52 Å². The topological polar surface area (TPSA) is 102 Å². The first-order valence-electron chi connectivity index (χ1n) is 16.4. The molecule has 6 aromatic rings. The highest BCUT2D eigenvalue weighted by Gasteiger charge is 2.48. The average Bonchev–Trinajstić information content (AvgIpc) is 3.74. The number of anilines is 1.